The van der Waals surface area contributed by atoms with Crippen molar-refractivity contribution in [3.8, 4) is 5.75 Å². The van der Waals surface area contributed by atoms with Crippen LogP contribution < -0.4 is 4.74 Å². The highest BCUT2D eigenvalue weighted by Crippen LogP contribution is 2.20. The number of ether oxygens (including phenoxy) is 1. The third kappa shape index (κ3) is 5.32. The molecule has 0 bridgehead atoms. The Bertz CT molecular complexity index is 717. The standard InChI is InChI=1S/C21H29N3O3/c1-3-24(21(25)20-13-22-16-27-20)15-18-7-5-10-23(14-18)11-9-17-6-4-8-19(12-17)26-2/h4,6,8,12-13,16,18H,3,5,7,9-11,14-15H2,1-2H3/t18-/m0/s1. The second-order valence-corrected chi connectivity index (χ2v) is 7.12. The molecule has 146 valence electrons. The zero-order valence-electron chi connectivity index (χ0n) is 16.3. The highest BCUT2D eigenvalue weighted by Gasteiger charge is 2.25. The van der Waals surface area contributed by atoms with Crippen molar-refractivity contribution < 1.29 is 13.9 Å². The summed E-state index contributed by atoms with van der Waals surface area (Å²) < 4.78 is 10.5. The molecule has 6 heteroatoms. The van der Waals surface area contributed by atoms with Gasteiger partial charge in [0.05, 0.1) is 13.3 Å². The van der Waals surface area contributed by atoms with E-state index in [0.717, 1.165) is 44.8 Å². The molecule has 0 unspecified atom stereocenters. The lowest BCUT2D eigenvalue weighted by Crippen LogP contribution is -2.43. The van der Waals surface area contributed by atoms with Crippen LogP contribution in [-0.2, 0) is 6.42 Å². The Balaban J connectivity index is 1.51. The number of likely N-dealkylation sites (tertiary alicyclic amines) is 1. The molecule has 1 aromatic carbocycles. The molecule has 27 heavy (non-hydrogen) atoms. The monoisotopic (exact) mass is 371 g/mol. The molecule has 6 nitrogen and oxygen atoms in total. The average Bonchev–Trinajstić information content (AvgIpc) is 3.25. The van der Waals surface area contributed by atoms with Crippen LogP contribution in [0.5, 0.6) is 5.75 Å². The van der Waals surface area contributed by atoms with Crippen LogP contribution in [0.2, 0.25) is 0 Å². The lowest BCUT2D eigenvalue weighted by Gasteiger charge is -2.35. The normalized spacial score (nSPS) is 17.6. The highest BCUT2D eigenvalue weighted by atomic mass is 16.5. The van der Waals surface area contributed by atoms with Gasteiger partial charge in [0, 0.05) is 26.2 Å². The van der Waals surface area contributed by atoms with Gasteiger partial charge in [-0.1, -0.05) is 12.1 Å². The minimum Gasteiger partial charge on any atom is -0.497 e. The van der Waals surface area contributed by atoms with Gasteiger partial charge in [-0.2, -0.15) is 0 Å². The van der Waals surface area contributed by atoms with Crippen LogP contribution in [0.3, 0.4) is 0 Å². The molecule has 1 amide bonds. The molecule has 2 aromatic rings. The molecule has 1 aromatic heterocycles. The van der Waals surface area contributed by atoms with Gasteiger partial charge >= 0.3 is 0 Å². The number of amides is 1. The third-order valence-corrected chi connectivity index (χ3v) is 5.24. The van der Waals surface area contributed by atoms with Crippen molar-refractivity contribution in [1.82, 2.24) is 14.8 Å². The van der Waals surface area contributed by atoms with Gasteiger partial charge in [0.25, 0.3) is 5.91 Å². The summed E-state index contributed by atoms with van der Waals surface area (Å²) in [6, 6.07) is 8.28. The summed E-state index contributed by atoms with van der Waals surface area (Å²) in [5.41, 5.74) is 1.30. The fourth-order valence-electron chi connectivity index (χ4n) is 3.76. The molecule has 0 aliphatic carbocycles. The summed E-state index contributed by atoms with van der Waals surface area (Å²) >= 11 is 0. The molecule has 3 rings (SSSR count). The maximum absolute atomic E-state index is 12.5. The van der Waals surface area contributed by atoms with Crippen molar-refractivity contribution in [2.45, 2.75) is 26.2 Å². The van der Waals surface area contributed by atoms with Crippen molar-refractivity contribution in [2.75, 3.05) is 39.8 Å². The van der Waals surface area contributed by atoms with Gasteiger partial charge in [0.15, 0.2) is 6.39 Å². The molecule has 2 heterocycles. The van der Waals surface area contributed by atoms with Gasteiger partial charge < -0.3 is 19.0 Å². The first-order chi connectivity index (χ1) is 13.2. The van der Waals surface area contributed by atoms with Crippen LogP contribution in [-0.4, -0.2) is 60.5 Å². The Morgan fingerprint density at radius 3 is 3.07 bits per heavy atom. The molecular weight excluding hydrogens is 342 g/mol. The second-order valence-electron chi connectivity index (χ2n) is 7.12. The largest absolute Gasteiger partial charge is 0.497 e. The van der Waals surface area contributed by atoms with Crippen LogP contribution in [0, 0.1) is 5.92 Å². The lowest BCUT2D eigenvalue weighted by atomic mass is 9.96. The minimum absolute atomic E-state index is 0.0662. The Kier molecular flexibility index (Phi) is 6.87. The van der Waals surface area contributed by atoms with E-state index < -0.39 is 0 Å². The number of benzene rings is 1. The number of methoxy groups -OCH3 is 1. The van der Waals surface area contributed by atoms with Crippen molar-refractivity contribution in [2.24, 2.45) is 5.92 Å². The number of oxazole rings is 1. The van der Waals surface area contributed by atoms with E-state index >= 15 is 0 Å². The Hall–Kier alpha value is -2.34. The number of carbonyl (C=O) groups is 1. The van der Waals surface area contributed by atoms with Crippen molar-refractivity contribution in [3.05, 3.63) is 48.2 Å². The van der Waals surface area contributed by atoms with Crippen LogP contribution in [0.1, 0.15) is 35.9 Å². The third-order valence-electron chi connectivity index (χ3n) is 5.24. The molecule has 1 atom stereocenters. The first kappa shape index (κ1) is 19.4. The molecule has 1 aliphatic rings. The summed E-state index contributed by atoms with van der Waals surface area (Å²) in [5.74, 6) is 1.66. The smallest absolute Gasteiger partial charge is 0.291 e. The summed E-state index contributed by atoms with van der Waals surface area (Å²) in [6.07, 6.45) is 6.15. The van der Waals surface area contributed by atoms with Gasteiger partial charge in [-0.3, -0.25) is 4.79 Å². The molecule has 1 saturated heterocycles. The molecule has 1 fully saturated rings. The quantitative estimate of drug-likeness (QED) is 0.714. The van der Waals surface area contributed by atoms with Crippen LogP contribution in [0.4, 0.5) is 0 Å². The summed E-state index contributed by atoms with van der Waals surface area (Å²) in [6.45, 7) is 6.65. The van der Waals surface area contributed by atoms with Crippen molar-refractivity contribution in [1.29, 1.82) is 0 Å². The number of hydrogen-bond acceptors (Lipinski definition) is 5. The van der Waals surface area contributed by atoms with Crippen LogP contribution in [0.15, 0.2) is 41.3 Å². The van der Waals surface area contributed by atoms with Crippen LogP contribution >= 0.6 is 0 Å². The predicted octanol–water partition coefficient (Wildman–Crippen LogP) is 3.10. The SMILES string of the molecule is CCN(C[C@H]1CCCN(CCc2cccc(OC)c2)C1)C(=O)c1cnco1. The number of aromatic nitrogens is 1. The van der Waals surface area contributed by atoms with Gasteiger partial charge in [-0.15, -0.1) is 0 Å². The summed E-state index contributed by atoms with van der Waals surface area (Å²) in [5, 5.41) is 0. The van der Waals surface area contributed by atoms with E-state index in [0.29, 0.717) is 18.2 Å². The maximum Gasteiger partial charge on any atom is 0.291 e. The van der Waals surface area contributed by atoms with E-state index in [-0.39, 0.29) is 5.91 Å². The van der Waals surface area contributed by atoms with E-state index in [1.165, 1.54) is 24.6 Å². The zero-order chi connectivity index (χ0) is 19.1. The molecule has 0 radical (unpaired) electrons. The first-order valence-corrected chi connectivity index (χ1v) is 9.72. The predicted molar refractivity (Wildman–Crippen MR) is 104 cm³/mol. The lowest BCUT2D eigenvalue weighted by molar-refractivity contribution is 0.0660. The average molecular weight is 371 g/mol. The van der Waals surface area contributed by atoms with E-state index in [1.807, 2.05) is 24.0 Å². The summed E-state index contributed by atoms with van der Waals surface area (Å²) in [7, 11) is 1.70. The summed E-state index contributed by atoms with van der Waals surface area (Å²) in [4.78, 5) is 20.8. The second kappa shape index (κ2) is 9.55. The molecule has 0 spiro atoms. The van der Waals surface area contributed by atoms with E-state index in [4.69, 9.17) is 9.15 Å². The van der Waals surface area contributed by atoms with Gasteiger partial charge in [-0.05, 0) is 56.3 Å². The van der Waals surface area contributed by atoms with E-state index in [2.05, 4.69) is 22.0 Å². The molecule has 0 saturated carbocycles. The Morgan fingerprint density at radius 2 is 2.33 bits per heavy atom. The fraction of sp³-hybridized carbons (Fsp3) is 0.524. The van der Waals surface area contributed by atoms with Gasteiger partial charge in [0.2, 0.25) is 5.76 Å². The number of hydrogen-bond donors (Lipinski definition) is 0. The topological polar surface area (TPSA) is 58.8 Å². The van der Waals surface area contributed by atoms with E-state index in [9.17, 15) is 4.79 Å². The van der Waals surface area contributed by atoms with E-state index in [1.54, 1.807) is 7.11 Å². The van der Waals surface area contributed by atoms with Crippen molar-refractivity contribution >= 4 is 5.91 Å². The van der Waals surface area contributed by atoms with Gasteiger partial charge in [0.1, 0.15) is 5.75 Å². The Morgan fingerprint density at radius 1 is 1.44 bits per heavy atom. The molecular formula is C21H29N3O3. The maximum atomic E-state index is 12.5. The van der Waals surface area contributed by atoms with Crippen molar-refractivity contribution in [3.63, 3.8) is 0 Å². The number of nitrogens with zero attached hydrogens (tertiary/aromatic N) is 3. The highest BCUT2D eigenvalue weighted by molar-refractivity contribution is 5.91. The number of rotatable bonds is 8. The molecule has 0 N–H and O–H groups in total. The number of carbonyl (C=O) groups excluding carboxylic acids is 1. The number of piperidine rings is 1. The van der Waals surface area contributed by atoms with Gasteiger partial charge in [-0.25, -0.2) is 4.98 Å². The zero-order valence-corrected chi connectivity index (χ0v) is 16.3. The fourth-order valence-corrected chi connectivity index (χ4v) is 3.76. The van der Waals surface area contributed by atoms with Crippen LogP contribution in [0.25, 0.3) is 0 Å². The Labute approximate surface area is 161 Å². The first-order valence-electron chi connectivity index (χ1n) is 9.72. The minimum atomic E-state index is -0.0662. The molecule has 1 aliphatic heterocycles.